The van der Waals surface area contributed by atoms with E-state index in [9.17, 15) is 0 Å². The van der Waals surface area contributed by atoms with Gasteiger partial charge in [-0.1, -0.05) is 49.0 Å². The molecule has 0 saturated heterocycles. The lowest BCUT2D eigenvalue weighted by molar-refractivity contribution is 0.115. The number of hydrogen-bond donors (Lipinski definition) is 2. The van der Waals surface area contributed by atoms with Gasteiger partial charge < -0.3 is 10.8 Å². The lowest BCUT2D eigenvalue weighted by Crippen LogP contribution is -2.44. The van der Waals surface area contributed by atoms with Crippen molar-refractivity contribution in [2.45, 2.75) is 37.6 Å². The Bertz CT molecular complexity index is 420. The molecule has 0 amide bonds. The highest BCUT2D eigenvalue weighted by atomic mass is 32.1. The first-order valence-corrected chi connectivity index (χ1v) is 7.82. The highest BCUT2D eigenvalue weighted by molar-refractivity contribution is 7.80. The van der Waals surface area contributed by atoms with Crippen molar-refractivity contribution >= 4 is 17.2 Å². The maximum atomic E-state index is 9.07. The molecule has 1 unspecified atom stereocenters. The molecule has 110 valence electrons. The van der Waals surface area contributed by atoms with E-state index in [1.54, 1.807) is 0 Å². The van der Waals surface area contributed by atoms with E-state index in [0.29, 0.717) is 11.0 Å². The summed E-state index contributed by atoms with van der Waals surface area (Å²) >= 11 is 5.27. The van der Waals surface area contributed by atoms with Gasteiger partial charge in [0.1, 0.15) is 0 Å². The summed E-state index contributed by atoms with van der Waals surface area (Å²) in [5.41, 5.74) is 7.15. The van der Waals surface area contributed by atoms with Gasteiger partial charge in [-0.25, -0.2) is 0 Å². The fraction of sp³-hybridized carbons (Fsp3) is 0.562. The summed E-state index contributed by atoms with van der Waals surface area (Å²) in [6.07, 6.45) is 4.63. The number of nitrogens with zero attached hydrogens (tertiary/aromatic N) is 1. The van der Waals surface area contributed by atoms with Crippen molar-refractivity contribution in [3.8, 4) is 0 Å². The highest BCUT2D eigenvalue weighted by Gasteiger charge is 2.28. The molecule has 3 N–H and O–H groups in total. The Morgan fingerprint density at radius 2 is 2.05 bits per heavy atom. The van der Waals surface area contributed by atoms with Crippen molar-refractivity contribution in [2.24, 2.45) is 5.73 Å². The predicted octanol–water partition coefficient (Wildman–Crippen LogP) is 2.29. The Hall–Kier alpha value is -0.970. The second kappa shape index (κ2) is 7.72. The van der Waals surface area contributed by atoms with Gasteiger partial charge in [-0.2, -0.15) is 0 Å². The lowest BCUT2D eigenvalue weighted by Gasteiger charge is -2.39. The van der Waals surface area contributed by atoms with Crippen LogP contribution in [0.2, 0.25) is 0 Å². The number of rotatable bonds is 8. The third-order valence-corrected chi connectivity index (χ3v) is 4.44. The average Bonchev–Trinajstić information content (AvgIpc) is 2.40. The Kier molecular flexibility index (Phi) is 5.95. The smallest absolute Gasteiger partial charge is 0.0816 e. The molecule has 3 nitrogen and oxygen atoms in total. The first-order chi connectivity index (χ1) is 9.72. The molecule has 1 aromatic carbocycles. The van der Waals surface area contributed by atoms with E-state index in [1.165, 1.54) is 24.8 Å². The van der Waals surface area contributed by atoms with E-state index in [2.05, 4.69) is 17.0 Å². The van der Waals surface area contributed by atoms with Gasteiger partial charge in [-0.05, 0) is 24.8 Å². The van der Waals surface area contributed by atoms with Crippen LogP contribution in [0.3, 0.4) is 0 Å². The molecule has 0 heterocycles. The summed E-state index contributed by atoms with van der Waals surface area (Å²) in [5, 5.41) is 9.07. The van der Waals surface area contributed by atoms with Gasteiger partial charge in [0, 0.05) is 31.7 Å². The summed E-state index contributed by atoms with van der Waals surface area (Å²) in [7, 11) is 0. The van der Waals surface area contributed by atoms with Crippen molar-refractivity contribution in [1.82, 2.24) is 4.90 Å². The minimum atomic E-state index is 0.102. The van der Waals surface area contributed by atoms with Crippen LogP contribution in [0.15, 0.2) is 30.3 Å². The van der Waals surface area contributed by atoms with Gasteiger partial charge in [0.15, 0.2) is 0 Å². The minimum Gasteiger partial charge on any atom is -0.396 e. The average molecular weight is 292 g/mol. The molecule has 1 aliphatic rings. The lowest BCUT2D eigenvalue weighted by atomic mass is 9.89. The van der Waals surface area contributed by atoms with Gasteiger partial charge >= 0.3 is 0 Å². The van der Waals surface area contributed by atoms with Gasteiger partial charge in [-0.15, -0.1) is 0 Å². The van der Waals surface area contributed by atoms with Gasteiger partial charge in [0.25, 0.3) is 0 Å². The molecule has 0 bridgehead atoms. The third-order valence-electron chi connectivity index (χ3n) is 4.16. The SMILES string of the molecule is NC(=S)C(CN(CCCO)C1CCC1)c1ccccc1. The van der Waals surface area contributed by atoms with Crippen molar-refractivity contribution in [2.75, 3.05) is 19.7 Å². The van der Waals surface area contributed by atoms with Gasteiger partial charge in [-0.3, -0.25) is 4.90 Å². The van der Waals surface area contributed by atoms with E-state index >= 15 is 0 Å². The summed E-state index contributed by atoms with van der Waals surface area (Å²) in [6, 6.07) is 10.9. The van der Waals surface area contributed by atoms with E-state index < -0.39 is 0 Å². The zero-order chi connectivity index (χ0) is 14.4. The summed E-state index contributed by atoms with van der Waals surface area (Å²) in [4.78, 5) is 3.01. The minimum absolute atomic E-state index is 0.102. The molecule has 4 heteroatoms. The molecular formula is C16H24N2OS. The van der Waals surface area contributed by atoms with Crippen LogP contribution in [0.4, 0.5) is 0 Å². The predicted molar refractivity (Wildman–Crippen MR) is 86.9 cm³/mol. The fourth-order valence-electron chi connectivity index (χ4n) is 2.73. The van der Waals surface area contributed by atoms with Gasteiger partial charge in [0.2, 0.25) is 0 Å². The normalized spacial score (nSPS) is 16.9. The summed E-state index contributed by atoms with van der Waals surface area (Å²) in [6.45, 7) is 2.03. The van der Waals surface area contributed by atoms with Crippen LogP contribution in [0.1, 0.15) is 37.2 Å². The van der Waals surface area contributed by atoms with Crippen LogP contribution in [-0.2, 0) is 0 Å². The Labute approximate surface area is 126 Å². The van der Waals surface area contributed by atoms with Crippen molar-refractivity contribution in [3.63, 3.8) is 0 Å². The van der Waals surface area contributed by atoms with E-state index in [1.807, 2.05) is 18.2 Å². The molecule has 1 atom stereocenters. The molecule has 0 aromatic heterocycles. The van der Waals surface area contributed by atoms with E-state index in [-0.39, 0.29) is 12.5 Å². The standard InChI is InChI=1S/C16H24N2OS/c17-16(20)15(13-6-2-1-3-7-13)12-18(10-5-11-19)14-8-4-9-14/h1-3,6-7,14-15,19H,4-5,8-12H2,(H2,17,20). The first kappa shape index (κ1) is 15.4. The fourth-order valence-corrected chi connectivity index (χ4v) is 2.94. The number of hydrogen-bond acceptors (Lipinski definition) is 3. The van der Waals surface area contributed by atoms with E-state index in [0.717, 1.165) is 19.5 Å². The quantitative estimate of drug-likeness (QED) is 0.722. The van der Waals surface area contributed by atoms with Crippen LogP contribution in [0.5, 0.6) is 0 Å². The molecule has 2 rings (SSSR count). The second-order valence-electron chi connectivity index (χ2n) is 5.52. The zero-order valence-corrected chi connectivity index (χ0v) is 12.7. The topological polar surface area (TPSA) is 49.5 Å². The van der Waals surface area contributed by atoms with Crippen LogP contribution in [0, 0.1) is 0 Å². The molecule has 1 saturated carbocycles. The Balaban J connectivity index is 2.06. The largest absolute Gasteiger partial charge is 0.396 e. The number of nitrogens with two attached hydrogens (primary N) is 1. The molecular weight excluding hydrogens is 268 g/mol. The molecule has 20 heavy (non-hydrogen) atoms. The molecule has 0 radical (unpaired) electrons. The van der Waals surface area contributed by atoms with Crippen LogP contribution >= 0.6 is 12.2 Å². The zero-order valence-electron chi connectivity index (χ0n) is 11.9. The van der Waals surface area contributed by atoms with Crippen LogP contribution < -0.4 is 5.73 Å². The number of aliphatic hydroxyl groups excluding tert-OH is 1. The number of thiocarbonyl (C=S) groups is 1. The maximum Gasteiger partial charge on any atom is 0.0816 e. The summed E-state index contributed by atoms with van der Waals surface area (Å²) < 4.78 is 0. The van der Waals surface area contributed by atoms with E-state index in [4.69, 9.17) is 23.1 Å². The van der Waals surface area contributed by atoms with Gasteiger partial charge in [0.05, 0.1) is 4.99 Å². The maximum absolute atomic E-state index is 9.07. The monoisotopic (exact) mass is 292 g/mol. The molecule has 1 aromatic rings. The van der Waals surface area contributed by atoms with Crippen molar-refractivity contribution < 1.29 is 5.11 Å². The number of benzene rings is 1. The number of aliphatic hydroxyl groups is 1. The van der Waals surface area contributed by atoms with Crippen LogP contribution in [-0.4, -0.2) is 40.7 Å². The Morgan fingerprint density at radius 1 is 1.35 bits per heavy atom. The van der Waals surface area contributed by atoms with Crippen molar-refractivity contribution in [1.29, 1.82) is 0 Å². The molecule has 1 aliphatic carbocycles. The first-order valence-electron chi connectivity index (χ1n) is 7.41. The summed E-state index contributed by atoms with van der Waals surface area (Å²) in [5.74, 6) is 0.102. The second-order valence-corrected chi connectivity index (χ2v) is 5.99. The third kappa shape index (κ3) is 4.01. The molecule has 1 fully saturated rings. The van der Waals surface area contributed by atoms with Crippen LogP contribution in [0.25, 0.3) is 0 Å². The highest BCUT2D eigenvalue weighted by Crippen LogP contribution is 2.28. The molecule has 0 spiro atoms. The molecule has 0 aliphatic heterocycles. The van der Waals surface area contributed by atoms with Crippen molar-refractivity contribution in [3.05, 3.63) is 35.9 Å². The Morgan fingerprint density at radius 3 is 2.55 bits per heavy atom.